The van der Waals surface area contributed by atoms with Crippen molar-refractivity contribution in [3.8, 4) is 6.07 Å². The number of rotatable bonds is 8. The number of esters is 1. The van der Waals surface area contributed by atoms with E-state index in [1.807, 2.05) is 36.4 Å². The lowest BCUT2D eigenvalue weighted by Crippen LogP contribution is -2.31. The second kappa shape index (κ2) is 10.1. The van der Waals surface area contributed by atoms with Gasteiger partial charge in [0.05, 0.1) is 23.1 Å². The first-order chi connectivity index (χ1) is 16.5. The van der Waals surface area contributed by atoms with Gasteiger partial charge in [0.2, 0.25) is 5.90 Å². The molecule has 0 unspecified atom stereocenters. The molecule has 1 aliphatic rings. The first-order valence-electron chi connectivity index (χ1n) is 10.6. The fourth-order valence-corrected chi connectivity index (χ4v) is 4.94. The SMILES string of the molecule is N#CCCN(c1ccc(/C=C2\N=C(Cc3ccccc3)OC2=O)cc1)S(=O)(=O)c1ccccc1. The van der Waals surface area contributed by atoms with Crippen LogP contribution in [0.5, 0.6) is 0 Å². The molecule has 0 atom stereocenters. The van der Waals surface area contributed by atoms with E-state index in [2.05, 4.69) is 4.99 Å². The summed E-state index contributed by atoms with van der Waals surface area (Å²) < 4.78 is 32.8. The highest BCUT2D eigenvalue weighted by molar-refractivity contribution is 7.92. The summed E-state index contributed by atoms with van der Waals surface area (Å²) in [5.41, 5.74) is 2.25. The van der Waals surface area contributed by atoms with Crippen LogP contribution >= 0.6 is 0 Å². The van der Waals surface area contributed by atoms with Crippen LogP contribution in [0.2, 0.25) is 0 Å². The van der Waals surface area contributed by atoms with Crippen molar-refractivity contribution >= 4 is 33.7 Å². The molecule has 0 radical (unpaired) electrons. The van der Waals surface area contributed by atoms with E-state index < -0.39 is 16.0 Å². The third kappa shape index (κ3) is 5.22. The van der Waals surface area contributed by atoms with Crippen molar-refractivity contribution in [2.45, 2.75) is 17.7 Å². The van der Waals surface area contributed by atoms with Gasteiger partial charge in [-0.1, -0.05) is 60.7 Å². The van der Waals surface area contributed by atoms with Crippen LogP contribution in [0.4, 0.5) is 5.69 Å². The number of carbonyl (C=O) groups is 1. The summed E-state index contributed by atoms with van der Waals surface area (Å²) in [5, 5.41) is 9.01. The fraction of sp³-hybridized carbons (Fsp3) is 0.115. The monoisotopic (exact) mass is 471 g/mol. The largest absolute Gasteiger partial charge is 0.406 e. The molecule has 1 heterocycles. The average molecular weight is 472 g/mol. The summed E-state index contributed by atoms with van der Waals surface area (Å²) in [7, 11) is -3.84. The van der Waals surface area contributed by atoms with Crippen LogP contribution < -0.4 is 4.31 Å². The number of aliphatic imine (C=N–C) groups is 1. The van der Waals surface area contributed by atoms with E-state index in [1.165, 1.54) is 16.4 Å². The predicted molar refractivity (Wildman–Crippen MR) is 129 cm³/mol. The molecule has 3 aromatic rings. The van der Waals surface area contributed by atoms with Crippen molar-refractivity contribution in [1.82, 2.24) is 0 Å². The molecule has 0 saturated heterocycles. The van der Waals surface area contributed by atoms with Crippen LogP contribution in [-0.2, 0) is 26.0 Å². The predicted octanol–water partition coefficient (Wildman–Crippen LogP) is 4.33. The zero-order valence-corrected chi connectivity index (χ0v) is 19.0. The molecular formula is C26H21N3O4S. The molecule has 0 spiro atoms. The zero-order valence-electron chi connectivity index (χ0n) is 18.2. The van der Waals surface area contributed by atoms with Crippen LogP contribution in [0.3, 0.4) is 0 Å². The third-order valence-corrected chi connectivity index (χ3v) is 6.95. The van der Waals surface area contributed by atoms with E-state index >= 15 is 0 Å². The lowest BCUT2D eigenvalue weighted by atomic mass is 10.1. The minimum absolute atomic E-state index is 0.0215. The maximum Gasteiger partial charge on any atom is 0.363 e. The van der Waals surface area contributed by atoms with Crippen molar-refractivity contribution in [2.24, 2.45) is 4.99 Å². The van der Waals surface area contributed by atoms with Crippen LogP contribution in [-0.4, -0.2) is 26.8 Å². The normalized spacial score (nSPS) is 14.4. The van der Waals surface area contributed by atoms with Gasteiger partial charge in [-0.15, -0.1) is 0 Å². The maximum absolute atomic E-state index is 13.2. The Balaban J connectivity index is 1.57. The maximum atomic E-state index is 13.2. The Morgan fingerprint density at radius 3 is 2.24 bits per heavy atom. The topological polar surface area (TPSA) is 99.8 Å². The highest BCUT2D eigenvalue weighted by Gasteiger charge is 2.25. The smallest absolute Gasteiger partial charge is 0.363 e. The van der Waals surface area contributed by atoms with E-state index in [1.54, 1.807) is 48.5 Å². The number of ether oxygens (including phenoxy) is 1. The van der Waals surface area contributed by atoms with E-state index in [0.29, 0.717) is 23.6 Å². The minimum Gasteiger partial charge on any atom is -0.406 e. The summed E-state index contributed by atoms with van der Waals surface area (Å²) in [6.45, 7) is 0.0215. The molecule has 0 N–H and O–H groups in total. The van der Waals surface area contributed by atoms with E-state index in [9.17, 15) is 13.2 Å². The molecule has 1 aliphatic heterocycles. The number of cyclic esters (lactones) is 1. The van der Waals surface area contributed by atoms with Gasteiger partial charge in [0.1, 0.15) is 0 Å². The van der Waals surface area contributed by atoms with Gasteiger partial charge >= 0.3 is 5.97 Å². The molecule has 0 fully saturated rings. The summed E-state index contributed by atoms with van der Waals surface area (Å²) in [4.78, 5) is 16.7. The number of nitriles is 1. The Bertz CT molecular complexity index is 1380. The molecule has 170 valence electrons. The number of hydrogen-bond acceptors (Lipinski definition) is 6. The van der Waals surface area contributed by atoms with Gasteiger partial charge in [0, 0.05) is 13.0 Å². The second-order valence-corrected chi connectivity index (χ2v) is 9.34. The first-order valence-corrected chi connectivity index (χ1v) is 12.0. The van der Waals surface area contributed by atoms with E-state index in [0.717, 1.165) is 5.56 Å². The molecule has 4 rings (SSSR count). The highest BCUT2D eigenvalue weighted by Crippen LogP contribution is 2.25. The summed E-state index contributed by atoms with van der Waals surface area (Å²) >= 11 is 0. The molecule has 34 heavy (non-hydrogen) atoms. The third-order valence-electron chi connectivity index (χ3n) is 5.11. The van der Waals surface area contributed by atoms with E-state index in [4.69, 9.17) is 10.00 Å². The fourth-order valence-electron chi connectivity index (χ4n) is 3.45. The highest BCUT2D eigenvalue weighted by atomic mass is 32.2. The van der Waals surface area contributed by atoms with Crippen molar-refractivity contribution in [3.05, 3.63) is 102 Å². The number of anilines is 1. The molecular weight excluding hydrogens is 450 g/mol. The van der Waals surface area contributed by atoms with Crippen molar-refractivity contribution in [3.63, 3.8) is 0 Å². The molecule has 0 aromatic heterocycles. The van der Waals surface area contributed by atoms with Crippen LogP contribution in [0.25, 0.3) is 6.08 Å². The minimum atomic E-state index is -3.84. The van der Waals surface area contributed by atoms with Gasteiger partial charge < -0.3 is 4.74 Å². The molecule has 7 nitrogen and oxygen atoms in total. The lowest BCUT2D eigenvalue weighted by molar-refractivity contribution is -0.130. The molecule has 0 amide bonds. The second-order valence-electron chi connectivity index (χ2n) is 7.48. The van der Waals surface area contributed by atoms with Crippen LogP contribution in [0.15, 0.2) is 101 Å². The molecule has 0 saturated carbocycles. The van der Waals surface area contributed by atoms with Gasteiger partial charge in [-0.25, -0.2) is 18.2 Å². The van der Waals surface area contributed by atoms with Crippen molar-refractivity contribution in [2.75, 3.05) is 10.8 Å². The Hall–Kier alpha value is -4.22. The number of hydrogen-bond donors (Lipinski definition) is 0. The Labute approximate surface area is 198 Å². The summed E-state index contributed by atoms with van der Waals surface area (Å²) in [5.74, 6) is -0.201. The Kier molecular flexibility index (Phi) is 6.85. The quantitative estimate of drug-likeness (QED) is 0.360. The van der Waals surface area contributed by atoms with Crippen LogP contribution in [0.1, 0.15) is 17.5 Å². The van der Waals surface area contributed by atoms with Crippen molar-refractivity contribution < 1.29 is 17.9 Å². The van der Waals surface area contributed by atoms with Gasteiger partial charge in [-0.05, 0) is 41.5 Å². The Morgan fingerprint density at radius 2 is 1.59 bits per heavy atom. The van der Waals surface area contributed by atoms with Gasteiger partial charge in [0.25, 0.3) is 10.0 Å². The number of benzene rings is 3. The summed E-state index contributed by atoms with van der Waals surface area (Å²) in [6.07, 6.45) is 2.05. The zero-order chi connectivity index (χ0) is 24.0. The number of nitrogens with zero attached hydrogens (tertiary/aromatic N) is 3. The molecule has 8 heteroatoms. The van der Waals surface area contributed by atoms with E-state index in [-0.39, 0.29) is 23.6 Å². The average Bonchev–Trinajstić information content (AvgIpc) is 3.19. The molecule has 0 aliphatic carbocycles. The summed E-state index contributed by atoms with van der Waals surface area (Å²) in [6, 6.07) is 26.3. The standard InChI is InChI=1S/C26H21N3O4S/c27-16-7-17-29(34(31,32)23-10-5-2-6-11-23)22-14-12-21(13-15-22)18-24-26(30)33-25(28-24)19-20-8-3-1-4-9-20/h1-6,8-15,18H,7,17,19H2/b24-18-. The first kappa shape index (κ1) is 23.0. The van der Waals surface area contributed by atoms with Crippen molar-refractivity contribution in [1.29, 1.82) is 5.26 Å². The molecule has 3 aromatic carbocycles. The number of sulfonamides is 1. The Morgan fingerprint density at radius 1 is 0.941 bits per heavy atom. The van der Waals surface area contributed by atoms with Gasteiger partial charge in [-0.3, -0.25) is 4.31 Å². The van der Waals surface area contributed by atoms with Gasteiger partial charge in [-0.2, -0.15) is 5.26 Å². The number of carbonyl (C=O) groups excluding carboxylic acids is 1. The van der Waals surface area contributed by atoms with Gasteiger partial charge in [0.15, 0.2) is 5.70 Å². The van der Waals surface area contributed by atoms with Crippen LogP contribution in [0, 0.1) is 11.3 Å². The molecule has 0 bridgehead atoms. The lowest BCUT2D eigenvalue weighted by Gasteiger charge is -2.23.